The molecule has 0 fully saturated rings. The number of nitrogens with two attached hydrogens (primary N) is 1. The number of halogens is 1. The third-order valence-electron chi connectivity index (χ3n) is 3.14. The van der Waals surface area contributed by atoms with Gasteiger partial charge in [0.2, 0.25) is 0 Å². The molecule has 0 atom stereocenters. The lowest BCUT2D eigenvalue weighted by molar-refractivity contribution is 0.627. The van der Waals surface area contributed by atoms with Crippen LogP contribution in [0.5, 0.6) is 0 Å². The summed E-state index contributed by atoms with van der Waals surface area (Å²) in [6.45, 7) is 3.93. The van der Waals surface area contributed by atoms with Crippen molar-refractivity contribution >= 4 is 17.1 Å². The summed E-state index contributed by atoms with van der Waals surface area (Å²) in [6.07, 6.45) is 0. The van der Waals surface area contributed by atoms with Crippen LogP contribution in [0.15, 0.2) is 36.4 Å². The summed E-state index contributed by atoms with van der Waals surface area (Å²) >= 11 is 0. The fourth-order valence-corrected chi connectivity index (χ4v) is 2.07. The molecule has 2 nitrogen and oxygen atoms in total. The molecule has 0 aliphatic heterocycles. The van der Waals surface area contributed by atoms with Crippen LogP contribution in [0.2, 0.25) is 0 Å². The molecule has 0 aromatic heterocycles. The first-order valence-electron chi connectivity index (χ1n) is 5.85. The van der Waals surface area contributed by atoms with Crippen molar-refractivity contribution in [1.82, 2.24) is 0 Å². The summed E-state index contributed by atoms with van der Waals surface area (Å²) in [5, 5.41) is 0. The molecule has 2 aromatic carbocycles. The van der Waals surface area contributed by atoms with E-state index in [0.29, 0.717) is 5.69 Å². The largest absolute Gasteiger partial charge is 0.398 e. The molecule has 0 unspecified atom stereocenters. The van der Waals surface area contributed by atoms with Crippen molar-refractivity contribution < 1.29 is 4.39 Å². The van der Waals surface area contributed by atoms with Crippen LogP contribution in [0.4, 0.5) is 21.5 Å². The third kappa shape index (κ3) is 2.16. The first-order chi connectivity index (χ1) is 8.50. The van der Waals surface area contributed by atoms with Gasteiger partial charge in [-0.25, -0.2) is 4.39 Å². The number of rotatable bonds is 2. The Balaban J connectivity index is 2.53. The van der Waals surface area contributed by atoms with Crippen LogP contribution in [0, 0.1) is 19.7 Å². The van der Waals surface area contributed by atoms with E-state index in [0.717, 1.165) is 22.5 Å². The molecule has 0 saturated heterocycles. The van der Waals surface area contributed by atoms with E-state index in [1.165, 1.54) is 6.07 Å². The lowest BCUT2D eigenvalue weighted by atomic mass is 10.1. The fraction of sp³-hybridized carbons (Fsp3) is 0.200. The molecular formula is C15H17FN2. The van der Waals surface area contributed by atoms with Crippen LogP contribution in [-0.2, 0) is 0 Å². The Hall–Kier alpha value is -2.03. The van der Waals surface area contributed by atoms with Crippen molar-refractivity contribution in [3.8, 4) is 0 Å². The molecule has 3 heteroatoms. The van der Waals surface area contributed by atoms with Crippen molar-refractivity contribution in [3.63, 3.8) is 0 Å². The van der Waals surface area contributed by atoms with Gasteiger partial charge in [0.1, 0.15) is 5.82 Å². The van der Waals surface area contributed by atoms with E-state index < -0.39 is 0 Å². The number of hydrogen-bond donors (Lipinski definition) is 1. The van der Waals surface area contributed by atoms with Gasteiger partial charge >= 0.3 is 0 Å². The third-order valence-corrected chi connectivity index (χ3v) is 3.14. The maximum atomic E-state index is 13.8. The molecule has 94 valence electrons. The minimum absolute atomic E-state index is 0.237. The molecule has 0 amide bonds. The molecule has 0 spiro atoms. The topological polar surface area (TPSA) is 29.3 Å². The van der Waals surface area contributed by atoms with E-state index in [2.05, 4.69) is 0 Å². The Labute approximate surface area is 107 Å². The van der Waals surface area contributed by atoms with E-state index in [4.69, 9.17) is 5.73 Å². The Bertz CT molecular complexity index is 579. The minimum atomic E-state index is -0.237. The van der Waals surface area contributed by atoms with Crippen LogP contribution in [0.1, 0.15) is 11.1 Å². The number of benzene rings is 2. The highest BCUT2D eigenvalue weighted by Crippen LogP contribution is 2.32. The monoisotopic (exact) mass is 244 g/mol. The number of para-hydroxylation sites is 1. The van der Waals surface area contributed by atoms with Crippen molar-refractivity contribution in [2.24, 2.45) is 0 Å². The Morgan fingerprint density at radius 2 is 1.72 bits per heavy atom. The quantitative estimate of drug-likeness (QED) is 0.814. The van der Waals surface area contributed by atoms with Gasteiger partial charge in [-0.3, -0.25) is 0 Å². The van der Waals surface area contributed by atoms with Crippen molar-refractivity contribution in [2.45, 2.75) is 13.8 Å². The molecule has 0 aliphatic rings. The second-order valence-corrected chi connectivity index (χ2v) is 4.51. The molecular weight excluding hydrogens is 227 g/mol. The lowest BCUT2D eigenvalue weighted by Crippen LogP contribution is -2.13. The minimum Gasteiger partial charge on any atom is -0.398 e. The number of aryl methyl sites for hydroxylation is 1. The average Bonchev–Trinajstić information content (AvgIpc) is 2.33. The van der Waals surface area contributed by atoms with Gasteiger partial charge in [-0.05, 0) is 49.2 Å². The van der Waals surface area contributed by atoms with Crippen molar-refractivity contribution in [3.05, 3.63) is 53.3 Å². The van der Waals surface area contributed by atoms with E-state index in [-0.39, 0.29) is 5.82 Å². The van der Waals surface area contributed by atoms with E-state index >= 15 is 0 Å². The normalized spacial score (nSPS) is 10.4. The van der Waals surface area contributed by atoms with E-state index in [1.54, 1.807) is 12.1 Å². The van der Waals surface area contributed by atoms with Gasteiger partial charge < -0.3 is 10.6 Å². The van der Waals surface area contributed by atoms with Gasteiger partial charge in [0, 0.05) is 18.4 Å². The molecule has 0 saturated carbocycles. The van der Waals surface area contributed by atoms with Crippen LogP contribution < -0.4 is 10.6 Å². The molecule has 18 heavy (non-hydrogen) atoms. The highest BCUT2D eigenvalue weighted by molar-refractivity contribution is 5.72. The average molecular weight is 244 g/mol. The maximum absolute atomic E-state index is 13.8. The van der Waals surface area contributed by atoms with Crippen LogP contribution in [0.3, 0.4) is 0 Å². The van der Waals surface area contributed by atoms with Crippen LogP contribution in [0.25, 0.3) is 0 Å². The molecule has 2 N–H and O–H groups in total. The molecule has 0 radical (unpaired) electrons. The smallest absolute Gasteiger partial charge is 0.146 e. The van der Waals surface area contributed by atoms with Crippen LogP contribution in [-0.4, -0.2) is 7.05 Å². The fourth-order valence-electron chi connectivity index (χ4n) is 2.07. The van der Waals surface area contributed by atoms with Gasteiger partial charge in [-0.1, -0.05) is 12.1 Å². The van der Waals surface area contributed by atoms with Crippen LogP contribution >= 0.6 is 0 Å². The van der Waals surface area contributed by atoms with Crippen molar-refractivity contribution in [1.29, 1.82) is 0 Å². The van der Waals surface area contributed by atoms with Crippen molar-refractivity contribution in [2.75, 3.05) is 17.7 Å². The first-order valence-corrected chi connectivity index (χ1v) is 5.85. The SMILES string of the molecule is Cc1cc(N)c(C)c(N(C)c2ccccc2F)c1. The van der Waals surface area contributed by atoms with Gasteiger partial charge in [-0.15, -0.1) is 0 Å². The van der Waals surface area contributed by atoms with Gasteiger partial charge in [-0.2, -0.15) is 0 Å². The second-order valence-electron chi connectivity index (χ2n) is 4.51. The molecule has 2 aromatic rings. The zero-order chi connectivity index (χ0) is 13.3. The summed E-state index contributed by atoms with van der Waals surface area (Å²) in [5.74, 6) is -0.237. The van der Waals surface area contributed by atoms with E-state index in [1.807, 2.05) is 44.0 Å². The zero-order valence-corrected chi connectivity index (χ0v) is 10.9. The Morgan fingerprint density at radius 1 is 1.06 bits per heavy atom. The van der Waals surface area contributed by atoms with E-state index in [9.17, 15) is 4.39 Å². The number of anilines is 3. The summed E-state index contributed by atoms with van der Waals surface area (Å²) in [6, 6.07) is 10.7. The first kappa shape index (κ1) is 12.4. The van der Waals surface area contributed by atoms with Gasteiger partial charge in [0.25, 0.3) is 0 Å². The Kier molecular flexibility index (Phi) is 3.24. The zero-order valence-electron chi connectivity index (χ0n) is 10.9. The predicted molar refractivity (Wildman–Crippen MR) is 74.8 cm³/mol. The molecule has 0 heterocycles. The number of nitrogen functional groups attached to an aromatic ring is 1. The summed E-state index contributed by atoms with van der Waals surface area (Å²) < 4.78 is 13.8. The summed E-state index contributed by atoms with van der Waals surface area (Å²) in [7, 11) is 1.85. The summed E-state index contributed by atoms with van der Waals surface area (Å²) in [5.41, 5.74) is 10.2. The highest BCUT2D eigenvalue weighted by Gasteiger charge is 2.12. The number of hydrogen-bond acceptors (Lipinski definition) is 2. The Morgan fingerprint density at radius 3 is 2.39 bits per heavy atom. The standard InChI is InChI=1S/C15H17FN2/c1-10-8-13(17)11(2)15(9-10)18(3)14-7-5-4-6-12(14)16/h4-9H,17H2,1-3H3. The highest BCUT2D eigenvalue weighted by atomic mass is 19.1. The second kappa shape index (κ2) is 4.69. The maximum Gasteiger partial charge on any atom is 0.146 e. The molecule has 0 bridgehead atoms. The number of nitrogens with zero attached hydrogens (tertiary/aromatic N) is 1. The molecule has 2 rings (SSSR count). The van der Waals surface area contributed by atoms with Gasteiger partial charge in [0.15, 0.2) is 0 Å². The summed E-state index contributed by atoms with van der Waals surface area (Å²) in [4.78, 5) is 1.83. The molecule has 0 aliphatic carbocycles. The lowest BCUT2D eigenvalue weighted by Gasteiger charge is -2.23. The predicted octanol–water partition coefficient (Wildman–Crippen LogP) is 3.79. The van der Waals surface area contributed by atoms with Gasteiger partial charge in [0.05, 0.1) is 5.69 Å².